The first-order valence-electron chi connectivity index (χ1n) is 8.58. The summed E-state index contributed by atoms with van der Waals surface area (Å²) in [7, 11) is 1.98. The molecule has 0 aromatic heterocycles. The number of likely N-dealkylation sites (N-methyl/N-ethyl adjacent to an activating group) is 1. The molecule has 2 heterocycles. The van der Waals surface area contributed by atoms with Gasteiger partial charge in [-0.2, -0.15) is 0 Å². The Morgan fingerprint density at radius 1 is 1.36 bits per heavy atom. The fourth-order valence-electron chi connectivity index (χ4n) is 3.43. The number of hydrogen-bond acceptors (Lipinski definition) is 5. The van der Waals surface area contributed by atoms with Crippen LogP contribution >= 0.6 is 0 Å². The zero-order valence-corrected chi connectivity index (χ0v) is 14.6. The lowest BCUT2D eigenvalue weighted by Crippen LogP contribution is -2.52. The van der Waals surface area contributed by atoms with Gasteiger partial charge in [-0.1, -0.05) is 18.2 Å². The minimum Gasteiger partial charge on any atom is -0.329 e. The smallest absolute Gasteiger partial charge is 0.255 e. The number of nitrogens with two attached hydrogens (primary N) is 1. The molecule has 2 unspecified atom stereocenters. The largest absolute Gasteiger partial charge is 0.329 e. The second-order valence-corrected chi connectivity index (χ2v) is 6.85. The number of nitrogens with zero attached hydrogens (tertiary/aromatic N) is 2. The van der Waals surface area contributed by atoms with Gasteiger partial charge in [-0.3, -0.25) is 24.6 Å². The molecule has 7 nitrogen and oxygen atoms in total. The summed E-state index contributed by atoms with van der Waals surface area (Å²) in [5, 5.41) is 2.33. The van der Waals surface area contributed by atoms with E-state index in [1.54, 1.807) is 4.90 Å². The number of carbonyl (C=O) groups is 3. The number of hydrogen-bond donors (Lipinski definition) is 2. The van der Waals surface area contributed by atoms with Gasteiger partial charge in [0.05, 0.1) is 0 Å². The summed E-state index contributed by atoms with van der Waals surface area (Å²) in [6, 6.07) is 5.44. The van der Waals surface area contributed by atoms with Crippen LogP contribution in [0.1, 0.15) is 41.3 Å². The van der Waals surface area contributed by atoms with Crippen LogP contribution in [-0.2, 0) is 22.7 Å². The molecule has 0 aliphatic carbocycles. The van der Waals surface area contributed by atoms with Gasteiger partial charge in [0, 0.05) is 37.7 Å². The van der Waals surface area contributed by atoms with E-state index in [1.165, 1.54) is 0 Å². The molecule has 2 atom stereocenters. The lowest BCUT2D eigenvalue weighted by Gasteiger charge is -2.29. The first-order valence-corrected chi connectivity index (χ1v) is 8.58. The highest BCUT2D eigenvalue weighted by Crippen LogP contribution is 2.30. The van der Waals surface area contributed by atoms with Crippen molar-refractivity contribution in [2.45, 2.75) is 44.9 Å². The first-order chi connectivity index (χ1) is 11.9. The average Bonchev–Trinajstić information content (AvgIpc) is 2.92. The van der Waals surface area contributed by atoms with E-state index in [4.69, 9.17) is 5.73 Å². The maximum atomic E-state index is 13.0. The molecule has 3 N–H and O–H groups in total. The number of benzene rings is 1. The Morgan fingerprint density at radius 3 is 2.80 bits per heavy atom. The van der Waals surface area contributed by atoms with Crippen LogP contribution in [0.25, 0.3) is 0 Å². The molecule has 1 aromatic carbocycles. The molecule has 1 fully saturated rings. The van der Waals surface area contributed by atoms with Crippen molar-refractivity contribution in [1.29, 1.82) is 0 Å². The Bertz CT molecular complexity index is 718. The van der Waals surface area contributed by atoms with Crippen molar-refractivity contribution in [3.8, 4) is 0 Å². The zero-order valence-electron chi connectivity index (χ0n) is 14.6. The van der Waals surface area contributed by atoms with Crippen molar-refractivity contribution in [2.75, 3.05) is 13.6 Å². The van der Waals surface area contributed by atoms with Gasteiger partial charge < -0.3 is 10.6 Å². The van der Waals surface area contributed by atoms with Gasteiger partial charge >= 0.3 is 0 Å². The van der Waals surface area contributed by atoms with E-state index in [0.717, 1.165) is 11.1 Å². The van der Waals surface area contributed by atoms with E-state index in [1.807, 2.05) is 32.2 Å². The lowest BCUT2D eigenvalue weighted by molar-refractivity contribution is -0.136. The number of piperidine rings is 1. The molecular formula is C18H24N4O3. The summed E-state index contributed by atoms with van der Waals surface area (Å²) in [4.78, 5) is 40.2. The predicted molar refractivity (Wildman–Crippen MR) is 92.5 cm³/mol. The van der Waals surface area contributed by atoms with Crippen LogP contribution in [0.5, 0.6) is 0 Å². The number of fused-ring (bicyclic) bond motifs is 1. The van der Waals surface area contributed by atoms with Crippen molar-refractivity contribution in [3.63, 3.8) is 0 Å². The molecule has 1 aromatic rings. The van der Waals surface area contributed by atoms with E-state index in [0.29, 0.717) is 31.6 Å². The van der Waals surface area contributed by atoms with Crippen molar-refractivity contribution in [1.82, 2.24) is 15.1 Å². The fourth-order valence-corrected chi connectivity index (χ4v) is 3.43. The number of amides is 3. The summed E-state index contributed by atoms with van der Waals surface area (Å²) >= 11 is 0. The number of carbonyl (C=O) groups excluding carboxylic acids is 3. The molecular weight excluding hydrogens is 320 g/mol. The summed E-state index contributed by atoms with van der Waals surface area (Å²) < 4.78 is 0. The van der Waals surface area contributed by atoms with Crippen LogP contribution in [0, 0.1) is 0 Å². The van der Waals surface area contributed by atoms with Gasteiger partial charge in [0.2, 0.25) is 11.8 Å². The number of imide groups is 1. The van der Waals surface area contributed by atoms with Gasteiger partial charge in [-0.15, -0.1) is 0 Å². The van der Waals surface area contributed by atoms with Crippen LogP contribution in [0.3, 0.4) is 0 Å². The van der Waals surface area contributed by atoms with E-state index in [9.17, 15) is 14.4 Å². The van der Waals surface area contributed by atoms with Crippen molar-refractivity contribution in [2.24, 2.45) is 5.73 Å². The van der Waals surface area contributed by atoms with Crippen LogP contribution in [0.2, 0.25) is 0 Å². The van der Waals surface area contributed by atoms with E-state index >= 15 is 0 Å². The summed E-state index contributed by atoms with van der Waals surface area (Å²) in [6.07, 6.45) is 0.643. The van der Waals surface area contributed by atoms with Crippen molar-refractivity contribution in [3.05, 3.63) is 34.9 Å². The monoisotopic (exact) mass is 344 g/mol. The molecule has 2 aliphatic rings. The van der Waals surface area contributed by atoms with Gasteiger partial charge in [0.1, 0.15) is 6.04 Å². The summed E-state index contributed by atoms with van der Waals surface area (Å²) in [5.41, 5.74) is 8.28. The normalized spacial score (nSPS) is 21.5. The van der Waals surface area contributed by atoms with Crippen molar-refractivity contribution < 1.29 is 14.4 Å². The SMILES string of the molecule is CC(CN)N(C)Cc1cccc2c1C(=O)N(C1CCC(=O)NC1=O)C2. The molecule has 25 heavy (non-hydrogen) atoms. The maximum absolute atomic E-state index is 13.0. The van der Waals surface area contributed by atoms with Crippen LogP contribution < -0.4 is 11.1 Å². The third-order valence-electron chi connectivity index (χ3n) is 5.15. The second kappa shape index (κ2) is 6.93. The number of rotatable bonds is 5. The third kappa shape index (κ3) is 3.29. The Hall–Kier alpha value is -2.25. The molecule has 0 saturated carbocycles. The third-order valence-corrected chi connectivity index (χ3v) is 5.15. The Balaban J connectivity index is 1.83. The topological polar surface area (TPSA) is 95.7 Å². The van der Waals surface area contributed by atoms with Gasteiger partial charge in [-0.05, 0) is 31.5 Å². The minimum absolute atomic E-state index is 0.131. The lowest BCUT2D eigenvalue weighted by atomic mass is 10.0. The molecule has 0 bridgehead atoms. The van der Waals surface area contributed by atoms with Crippen molar-refractivity contribution >= 4 is 17.7 Å². The molecule has 3 rings (SSSR count). The highest BCUT2D eigenvalue weighted by atomic mass is 16.2. The first kappa shape index (κ1) is 17.6. The van der Waals surface area contributed by atoms with Gasteiger partial charge in [0.25, 0.3) is 5.91 Å². The molecule has 2 aliphatic heterocycles. The second-order valence-electron chi connectivity index (χ2n) is 6.85. The van der Waals surface area contributed by atoms with E-state index in [2.05, 4.69) is 10.2 Å². The van der Waals surface area contributed by atoms with Crippen LogP contribution in [0.15, 0.2) is 18.2 Å². The van der Waals surface area contributed by atoms with Gasteiger partial charge in [0.15, 0.2) is 0 Å². The van der Waals surface area contributed by atoms with Crippen LogP contribution in [-0.4, -0.2) is 53.2 Å². The highest BCUT2D eigenvalue weighted by Gasteiger charge is 2.40. The predicted octanol–water partition coefficient (Wildman–Crippen LogP) is 0.227. The average molecular weight is 344 g/mol. The Labute approximate surface area is 147 Å². The van der Waals surface area contributed by atoms with Crippen LogP contribution in [0.4, 0.5) is 0 Å². The van der Waals surface area contributed by atoms with Gasteiger partial charge in [-0.25, -0.2) is 0 Å². The van der Waals surface area contributed by atoms with E-state index in [-0.39, 0.29) is 30.2 Å². The molecule has 0 radical (unpaired) electrons. The summed E-state index contributed by atoms with van der Waals surface area (Å²) in [6.45, 7) is 3.61. The molecule has 134 valence electrons. The Morgan fingerprint density at radius 2 is 2.12 bits per heavy atom. The molecule has 1 saturated heterocycles. The zero-order chi connectivity index (χ0) is 18.1. The minimum atomic E-state index is -0.578. The Kier molecular flexibility index (Phi) is 4.87. The standard InChI is InChI=1S/C18H24N4O3/c1-11(8-19)21(2)9-12-4-3-5-13-10-22(18(25)16(12)13)14-6-7-15(23)20-17(14)24/h3-5,11,14H,6-10,19H2,1-2H3,(H,20,23,24). The molecule has 0 spiro atoms. The quantitative estimate of drug-likeness (QED) is 0.746. The summed E-state index contributed by atoms with van der Waals surface area (Å²) in [5.74, 6) is -0.787. The highest BCUT2D eigenvalue weighted by molar-refractivity contribution is 6.05. The molecule has 7 heteroatoms. The molecule has 3 amide bonds. The fraction of sp³-hybridized carbons (Fsp3) is 0.500. The number of nitrogens with one attached hydrogen (secondary N) is 1. The maximum Gasteiger partial charge on any atom is 0.255 e. The van der Waals surface area contributed by atoms with E-state index < -0.39 is 6.04 Å².